The Balaban J connectivity index is 1.75. The molecule has 0 saturated heterocycles. The zero-order valence-corrected chi connectivity index (χ0v) is 16.9. The molecule has 2 aromatic heterocycles. The number of aryl methyl sites for hydroxylation is 1. The number of carbonyl (C=O) groups excluding carboxylic acids is 1. The summed E-state index contributed by atoms with van der Waals surface area (Å²) >= 11 is 0. The number of rotatable bonds is 4. The predicted molar refractivity (Wildman–Crippen MR) is 106 cm³/mol. The predicted octanol–water partition coefficient (Wildman–Crippen LogP) is 2.36. The van der Waals surface area contributed by atoms with E-state index in [1.807, 2.05) is 0 Å². The van der Waals surface area contributed by atoms with Crippen LogP contribution in [0.1, 0.15) is 30.0 Å². The quantitative estimate of drug-likeness (QED) is 0.655. The molecule has 1 aromatic carbocycles. The molecule has 0 fully saturated rings. The fourth-order valence-corrected chi connectivity index (χ4v) is 3.73. The summed E-state index contributed by atoms with van der Waals surface area (Å²) in [6.45, 7) is 1.10. The van der Waals surface area contributed by atoms with Gasteiger partial charge in [-0.3, -0.25) is 18.7 Å². The molecule has 3 aromatic rings. The fraction of sp³-hybridized carbons (Fsp3) is 0.350. The van der Waals surface area contributed by atoms with Crippen LogP contribution in [-0.2, 0) is 30.5 Å². The SMILES string of the molecule is Cc1nc(-c2c3n(c(=O)n(CC(=O)Nc4ccccc4C(F)(F)F)c2=O)CCCC3)no1. The maximum atomic E-state index is 13.2. The van der Waals surface area contributed by atoms with Crippen molar-refractivity contribution in [3.8, 4) is 11.4 Å². The number of hydrogen-bond acceptors (Lipinski definition) is 6. The van der Waals surface area contributed by atoms with Gasteiger partial charge in [-0.05, 0) is 31.4 Å². The number of halogens is 3. The highest BCUT2D eigenvalue weighted by atomic mass is 19.4. The van der Waals surface area contributed by atoms with E-state index in [-0.39, 0.29) is 17.3 Å². The third-order valence-corrected chi connectivity index (χ3v) is 5.14. The molecule has 1 N–H and O–H groups in total. The smallest absolute Gasteiger partial charge is 0.339 e. The number of para-hydroxylation sites is 1. The molecule has 1 aliphatic rings. The first kappa shape index (κ1) is 21.5. The molecule has 0 spiro atoms. The van der Waals surface area contributed by atoms with Gasteiger partial charge in [0.25, 0.3) is 5.56 Å². The lowest BCUT2D eigenvalue weighted by Gasteiger charge is -2.21. The second-order valence-corrected chi connectivity index (χ2v) is 7.33. The van der Waals surface area contributed by atoms with Crippen molar-refractivity contribution in [2.24, 2.45) is 0 Å². The van der Waals surface area contributed by atoms with Crippen LogP contribution in [0.2, 0.25) is 0 Å². The summed E-state index contributed by atoms with van der Waals surface area (Å²) < 4.78 is 46.6. The van der Waals surface area contributed by atoms with E-state index in [0.717, 1.165) is 18.6 Å². The number of nitrogens with one attached hydrogen (secondary N) is 1. The Bertz CT molecular complexity index is 1310. The van der Waals surface area contributed by atoms with Crippen LogP contribution in [0.25, 0.3) is 11.4 Å². The average molecular weight is 449 g/mol. The molecule has 12 heteroatoms. The number of amides is 1. The molecule has 1 amide bonds. The lowest BCUT2D eigenvalue weighted by molar-refractivity contribution is -0.137. The maximum Gasteiger partial charge on any atom is 0.418 e. The van der Waals surface area contributed by atoms with E-state index in [4.69, 9.17) is 4.52 Å². The van der Waals surface area contributed by atoms with Crippen LogP contribution in [0.3, 0.4) is 0 Å². The summed E-state index contributed by atoms with van der Waals surface area (Å²) in [5.41, 5.74) is -2.53. The van der Waals surface area contributed by atoms with Crippen molar-refractivity contribution < 1.29 is 22.5 Å². The molecule has 168 valence electrons. The molecular formula is C20H18F3N5O4. The monoisotopic (exact) mass is 449 g/mol. The Hall–Kier alpha value is -3.70. The molecule has 0 saturated carbocycles. The molecule has 0 aliphatic carbocycles. The maximum absolute atomic E-state index is 13.2. The van der Waals surface area contributed by atoms with Crippen molar-refractivity contribution >= 4 is 11.6 Å². The molecule has 0 radical (unpaired) electrons. The van der Waals surface area contributed by atoms with Gasteiger partial charge in [-0.15, -0.1) is 0 Å². The van der Waals surface area contributed by atoms with E-state index in [1.165, 1.54) is 16.7 Å². The number of hydrogen-bond donors (Lipinski definition) is 1. The fourth-order valence-electron chi connectivity index (χ4n) is 3.73. The zero-order chi connectivity index (χ0) is 23.0. The highest BCUT2D eigenvalue weighted by Gasteiger charge is 2.34. The van der Waals surface area contributed by atoms with Crippen molar-refractivity contribution in [2.45, 2.75) is 45.5 Å². The molecule has 0 bridgehead atoms. The number of fused-ring (bicyclic) bond motifs is 1. The average Bonchev–Trinajstić information content (AvgIpc) is 3.16. The number of carbonyl (C=O) groups is 1. The van der Waals surface area contributed by atoms with Gasteiger partial charge >= 0.3 is 11.9 Å². The first-order valence-corrected chi connectivity index (χ1v) is 9.80. The number of alkyl halides is 3. The van der Waals surface area contributed by atoms with E-state index in [9.17, 15) is 27.6 Å². The normalized spacial score (nSPS) is 13.6. The number of nitrogens with zero attached hydrogens (tertiary/aromatic N) is 4. The van der Waals surface area contributed by atoms with Crippen LogP contribution in [0, 0.1) is 6.92 Å². The van der Waals surface area contributed by atoms with Gasteiger partial charge in [-0.2, -0.15) is 18.2 Å². The van der Waals surface area contributed by atoms with Crippen LogP contribution < -0.4 is 16.6 Å². The number of anilines is 1. The van der Waals surface area contributed by atoms with Crippen LogP contribution in [0.5, 0.6) is 0 Å². The molecule has 3 heterocycles. The van der Waals surface area contributed by atoms with Gasteiger partial charge in [0, 0.05) is 19.2 Å². The van der Waals surface area contributed by atoms with Crippen LogP contribution >= 0.6 is 0 Å². The standard InChI is InChI=1S/C20H18F3N5O4/c1-11-24-17(26-32-11)16-14-8-4-5-9-27(14)19(31)28(18(16)30)10-15(29)25-13-7-3-2-6-12(13)20(21,22)23/h2-3,6-7H,4-5,8-10H2,1H3,(H,25,29). The van der Waals surface area contributed by atoms with Gasteiger partial charge in [0.2, 0.25) is 17.6 Å². The number of benzene rings is 1. The van der Waals surface area contributed by atoms with Crippen molar-refractivity contribution in [1.29, 1.82) is 0 Å². The van der Waals surface area contributed by atoms with E-state index in [0.29, 0.717) is 29.6 Å². The topological polar surface area (TPSA) is 112 Å². The Morgan fingerprint density at radius 3 is 2.66 bits per heavy atom. The summed E-state index contributed by atoms with van der Waals surface area (Å²) in [5, 5.41) is 5.92. The van der Waals surface area contributed by atoms with E-state index >= 15 is 0 Å². The molecule has 0 atom stereocenters. The van der Waals surface area contributed by atoms with Crippen molar-refractivity contribution in [2.75, 3.05) is 5.32 Å². The second kappa shape index (κ2) is 8.09. The largest absolute Gasteiger partial charge is 0.418 e. The van der Waals surface area contributed by atoms with E-state index in [1.54, 1.807) is 6.92 Å². The Labute approximate surface area is 178 Å². The minimum Gasteiger partial charge on any atom is -0.339 e. The summed E-state index contributed by atoms with van der Waals surface area (Å²) in [6.07, 6.45) is -2.79. The summed E-state index contributed by atoms with van der Waals surface area (Å²) in [5.74, 6) is -0.740. The van der Waals surface area contributed by atoms with Gasteiger partial charge in [-0.1, -0.05) is 17.3 Å². The molecule has 0 unspecified atom stereocenters. The third-order valence-electron chi connectivity index (χ3n) is 5.14. The minimum atomic E-state index is -4.68. The van der Waals surface area contributed by atoms with Crippen molar-refractivity contribution in [1.82, 2.24) is 19.3 Å². The second-order valence-electron chi connectivity index (χ2n) is 7.33. The molecule has 4 rings (SSSR count). The highest BCUT2D eigenvalue weighted by molar-refractivity contribution is 5.91. The van der Waals surface area contributed by atoms with E-state index < -0.39 is 41.1 Å². The zero-order valence-electron chi connectivity index (χ0n) is 16.9. The first-order chi connectivity index (χ1) is 15.2. The van der Waals surface area contributed by atoms with Crippen LogP contribution in [-0.4, -0.2) is 25.2 Å². The van der Waals surface area contributed by atoms with Crippen LogP contribution in [0.4, 0.5) is 18.9 Å². The van der Waals surface area contributed by atoms with Gasteiger partial charge in [-0.25, -0.2) is 4.79 Å². The first-order valence-electron chi connectivity index (χ1n) is 9.80. The summed E-state index contributed by atoms with van der Waals surface area (Å²) in [7, 11) is 0. The van der Waals surface area contributed by atoms with Crippen LogP contribution in [0.15, 0.2) is 38.4 Å². The Morgan fingerprint density at radius 1 is 1.22 bits per heavy atom. The lowest BCUT2D eigenvalue weighted by atomic mass is 10.0. The van der Waals surface area contributed by atoms with E-state index in [2.05, 4.69) is 15.5 Å². The van der Waals surface area contributed by atoms with Gasteiger partial charge in [0.05, 0.1) is 11.3 Å². The van der Waals surface area contributed by atoms with Gasteiger partial charge in [0.1, 0.15) is 12.1 Å². The van der Waals surface area contributed by atoms with Crippen molar-refractivity contribution in [3.05, 3.63) is 62.3 Å². The Morgan fingerprint density at radius 2 is 1.97 bits per heavy atom. The highest BCUT2D eigenvalue weighted by Crippen LogP contribution is 2.34. The number of aromatic nitrogens is 4. The molecular weight excluding hydrogens is 431 g/mol. The summed E-state index contributed by atoms with van der Waals surface area (Å²) in [6, 6.07) is 4.45. The molecule has 32 heavy (non-hydrogen) atoms. The van der Waals surface area contributed by atoms with Gasteiger partial charge < -0.3 is 9.84 Å². The molecule has 1 aliphatic heterocycles. The molecule has 9 nitrogen and oxygen atoms in total. The third kappa shape index (κ3) is 3.95. The summed E-state index contributed by atoms with van der Waals surface area (Å²) in [4.78, 5) is 42.7. The lowest BCUT2D eigenvalue weighted by Crippen LogP contribution is -2.45. The minimum absolute atomic E-state index is 0.00488. The van der Waals surface area contributed by atoms with Crippen molar-refractivity contribution in [3.63, 3.8) is 0 Å². The Kier molecular flexibility index (Phi) is 5.45. The van der Waals surface area contributed by atoms with Gasteiger partial charge in [0.15, 0.2) is 0 Å².